The zero-order valence-electron chi connectivity index (χ0n) is 29.1. The minimum absolute atomic E-state index is 0.585. The molecule has 0 saturated carbocycles. The summed E-state index contributed by atoms with van der Waals surface area (Å²) in [5.41, 5.74) is 10.2. The van der Waals surface area contributed by atoms with Crippen LogP contribution in [0, 0.1) is 0 Å². The molecule has 0 saturated heterocycles. The fraction of sp³-hybridized carbons (Fsp3) is 0.0833. The van der Waals surface area contributed by atoms with Crippen molar-refractivity contribution < 1.29 is 4.74 Å². The Balaban J connectivity index is 1.07. The minimum Gasteiger partial charge on any atom is -0.457 e. The molecule has 3 nitrogen and oxygen atoms in total. The number of rotatable bonds is 12. The Kier molecular flexibility index (Phi) is 10.4. The minimum atomic E-state index is 0.585. The molecule has 0 aliphatic rings. The summed E-state index contributed by atoms with van der Waals surface area (Å²) in [5, 5.41) is 0. The zero-order chi connectivity index (χ0) is 34.8. The predicted octanol–water partition coefficient (Wildman–Crippen LogP) is 14.1. The molecule has 0 heterocycles. The first kappa shape index (κ1) is 33.2. The Bertz CT molecular complexity index is 2090. The van der Waals surface area contributed by atoms with Crippen LogP contribution in [0.3, 0.4) is 0 Å². The molecule has 0 fully saturated rings. The van der Waals surface area contributed by atoms with Crippen molar-refractivity contribution in [3.63, 3.8) is 0 Å². The summed E-state index contributed by atoms with van der Waals surface area (Å²) in [6.07, 6.45) is 5.51. The average molecular weight is 663 g/mol. The van der Waals surface area contributed by atoms with Crippen LogP contribution in [-0.2, 0) is 0 Å². The van der Waals surface area contributed by atoms with Crippen molar-refractivity contribution in [1.29, 1.82) is 0 Å². The van der Waals surface area contributed by atoms with Crippen LogP contribution in [-0.4, -0.2) is 0 Å². The summed E-state index contributed by atoms with van der Waals surface area (Å²) < 4.78 is 6.33. The van der Waals surface area contributed by atoms with Gasteiger partial charge in [-0.2, -0.15) is 0 Å². The number of hydrogen-bond acceptors (Lipinski definition) is 3. The second-order valence-corrected chi connectivity index (χ2v) is 12.7. The molecule has 0 amide bonds. The first-order chi connectivity index (χ1) is 25.1. The summed E-state index contributed by atoms with van der Waals surface area (Å²) in [5.74, 6) is 2.14. The van der Waals surface area contributed by atoms with Crippen molar-refractivity contribution in [2.45, 2.75) is 26.2 Å². The molecule has 1 unspecified atom stereocenters. The highest BCUT2D eigenvalue weighted by Gasteiger charge is 2.14. The maximum atomic E-state index is 6.33. The van der Waals surface area contributed by atoms with Gasteiger partial charge in [0.2, 0.25) is 0 Å². The Morgan fingerprint density at radius 1 is 0.412 bits per heavy atom. The molecule has 1 atom stereocenters. The van der Waals surface area contributed by atoms with Gasteiger partial charge in [-0.25, -0.2) is 0 Å². The third kappa shape index (κ3) is 8.12. The van der Waals surface area contributed by atoms with Crippen LogP contribution in [0.25, 0.3) is 12.2 Å². The normalized spacial score (nSPS) is 11.6. The monoisotopic (exact) mass is 662 g/mol. The van der Waals surface area contributed by atoms with Gasteiger partial charge in [0.05, 0.1) is 0 Å². The van der Waals surface area contributed by atoms with E-state index >= 15 is 0 Å². The molecule has 51 heavy (non-hydrogen) atoms. The summed E-state index contributed by atoms with van der Waals surface area (Å²) in [4.78, 5) is 4.51. The number of nitrogens with zero attached hydrogens (tertiary/aromatic N) is 2. The average Bonchev–Trinajstić information content (AvgIpc) is 3.20. The molecule has 0 N–H and O–H groups in total. The summed E-state index contributed by atoms with van der Waals surface area (Å²) in [6, 6.07) is 65.4. The molecule has 0 spiro atoms. The highest BCUT2D eigenvalue weighted by atomic mass is 16.5. The molecule has 7 aromatic carbocycles. The third-order valence-electron chi connectivity index (χ3n) is 9.21. The lowest BCUT2D eigenvalue weighted by atomic mass is 9.97. The summed E-state index contributed by atoms with van der Waals surface area (Å²) in [7, 11) is 0. The third-order valence-corrected chi connectivity index (χ3v) is 9.21. The number of anilines is 6. The lowest BCUT2D eigenvalue weighted by Gasteiger charge is -2.26. The first-order valence-electron chi connectivity index (χ1n) is 17.7. The van der Waals surface area contributed by atoms with Gasteiger partial charge in [0.25, 0.3) is 0 Å². The van der Waals surface area contributed by atoms with Crippen molar-refractivity contribution in [2.24, 2.45) is 0 Å². The number of benzene rings is 7. The van der Waals surface area contributed by atoms with E-state index in [-0.39, 0.29) is 0 Å². The lowest BCUT2D eigenvalue weighted by Crippen LogP contribution is -2.09. The predicted molar refractivity (Wildman–Crippen MR) is 216 cm³/mol. The van der Waals surface area contributed by atoms with E-state index in [2.05, 4.69) is 181 Å². The highest BCUT2D eigenvalue weighted by Crippen LogP contribution is 2.38. The molecular weight excluding hydrogens is 621 g/mol. The van der Waals surface area contributed by atoms with E-state index in [1.807, 2.05) is 42.5 Å². The van der Waals surface area contributed by atoms with Gasteiger partial charge in [-0.15, -0.1) is 0 Å². The fourth-order valence-electron chi connectivity index (χ4n) is 6.19. The Hall–Kier alpha value is -6.32. The molecule has 0 aromatic heterocycles. The Morgan fingerprint density at radius 3 is 1.08 bits per heavy atom. The van der Waals surface area contributed by atoms with Crippen LogP contribution in [0.4, 0.5) is 34.1 Å². The van der Waals surface area contributed by atoms with E-state index in [1.54, 1.807) is 0 Å². The molecule has 0 radical (unpaired) electrons. The SMILES string of the molecule is CCC(C)c1ccc(C=Cc2ccc(N(c3ccccc3)c3ccc(Oc4ccc(N(c5ccccc5)c5ccccc5)cc4)cc3)cc2)cc1. The standard InChI is InChI=1S/C48H42N2O/c1-3-37(2)40-25-21-38(22-26-40)19-20-39-23-27-44(28-24-39)50(43-17-11-6-12-18-43)46-31-35-48(36-32-46)51-47-33-29-45(30-34-47)49(41-13-7-4-8-14-41)42-15-9-5-10-16-42/h4-37H,3H2,1-2H3. The van der Waals surface area contributed by atoms with E-state index < -0.39 is 0 Å². The van der Waals surface area contributed by atoms with Gasteiger partial charge in [-0.05, 0) is 126 Å². The van der Waals surface area contributed by atoms with Gasteiger partial charge in [-0.3, -0.25) is 0 Å². The van der Waals surface area contributed by atoms with Crippen LogP contribution >= 0.6 is 0 Å². The largest absolute Gasteiger partial charge is 0.457 e. The van der Waals surface area contributed by atoms with E-state index in [0.29, 0.717) is 5.92 Å². The second kappa shape index (κ2) is 15.9. The van der Waals surface area contributed by atoms with Crippen LogP contribution in [0.15, 0.2) is 188 Å². The maximum absolute atomic E-state index is 6.33. The molecule has 0 aliphatic carbocycles. The Labute approximate surface area is 302 Å². The summed E-state index contributed by atoms with van der Waals surface area (Å²) in [6.45, 7) is 4.51. The van der Waals surface area contributed by atoms with Crippen LogP contribution in [0.5, 0.6) is 11.5 Å². The molecule has 0 bridgehead atoms. The van der Waals surface area contributed by atoms with Crippen LogP contribution in [0.1, 0.15) is 42.9 Å². The zero-order valence-corrected chi connectivity index (χ0v) is 29.1. The van der Waals surface area contributed by atoms with Crippen LogP contribution < -0.4 is 14.5 Å². The number of para-hydroxylation sites is 3. The van der Waals surface area contributed by atoms with Gasteiger partial charge in [-0.1, -0.05) is 117 Å². The topological polar surface area (TPSA) is 15.7 Å². The Morgan fingerprint density at radius 2 is 0.725 bits per heavy atom. The number of hydrogen-bond donors (Lipinski definition) is 0. The molecule has 0 aliphatic heterocycles. The quantitative estimate of drug-likeness (QED) is 0.121. The van der Waals surface area contributed by atoms with Gasteiger partial charge in [0.1, 0.15) is 11.5 Å². The molecular formula is C48H42N2O. The van der Waals surface area contributed by atoms with E-state index in [4.69, 9.17) is 4.74 Å². The van der Waals surface area contributed by atoms with Gasteiger partial charge >= 0.3 is 0 Å². The first-order valence-corrected chi connectivity index (χ1v) is 17.7. The highest BCUT2D eigenvalue weighted by molar-refractivity contribution is 5.79. The molecule has 3 heteroatoms. The smallest absolute Gasteiger partial charge is 0.127 e. The molecule has 250 valence electrons. The van der Waals surface area contributed by atoms with Crippen LogP contribution in [0.2, 0.25) is 0 Å². The van der Waals surface area contributed by atoms with Crippen molar-refractivity contribution in [3.05, 3.63) is 205 Å². The van der Waals surface area contributed by atoms with E-state index in [0.717, 1.165) is 57.6 Å². The van der Waals surface area contributed by atoms with Crippen molar-refractivity contribution >= 4 is 46.3 Å². The van der Waals surface area contributed by atoms with E-state index in [9.17, 15) is 0 Å². The lowest BCUT2D eigenvalue weighted by molar-refractivity contribution is 0.483. The summed E-state index contributed by atoms with van der Waals surface area (Å²) >= 11 is 0. The van der Waals surface area contributed by atoms with Gasteiger partial charge in [0, 0.05) is 34.1 Å². The fourth-order valence-corrected chi connectivity index (χ4v) is 6.19. The van der Waals surface area contributed by atoms with Crippen molar-refractivity contribution in [3.8, 4) is 11.5 Å². The van der Waals surface area contributed by atoms with E-state index in [1.165, 1.54) is 11.1 Å². The van der Waals surface area contributed by atoms with Gasteiger partial charge in [0.15, 0.2) is 0 Å². The molecule has 7 aromatic rings. The van der Waals surface area contributed by atoms with Crippen molar-refractivity contribution in [1.82, 2.24) is 0 Å². The van der Waals surface area contributed by atoms with Gasteiger partial charge < -0.3 is 14.5 Å². The second-order valence-electron chi connectivity index (χ2n) is 12.7. The van der Waals surface area contributed by atoms with Crippen molar-refractivity contribution in [2.75, 3.05) is 9.80 Å². The maximum Gasteiger partial charge on any atom is 0.127 e. The number of ether oxygens (including phenoxy) is 1. The molecule has 7 rings (SSSR count).